The van der Waals surface area contributed by atoms with Gasteiger partial charge in [-0.15, -0.1) is 0 Å². The number of carbonyl (C=O) groups excluding carboxylic acids is 1. The van der Waals surface area contributed by atoms with Crippen molar-refractivity contribution in [1.82, 2.24) is 5.32 Å². The predicted molar refractivity (Wildman–Crippen MR) is 133 cm³/mol. The minimum absolute atomic E-state index is 0.250. The summed E-state index contributed by atoms with van der Waals surface area (Å²) < 4.78 is 24.7. The summed E-state index contributed by atoms with van der Waals surface area (Å²) in [6.07, 6.45) is -0.250. The Kier molecular flexibility index (Phi) is 7.93. The van der Waals surface area contributed by atoms with Crippen LogP contribution in [0.5, 0.6) is 17.2 Å². The van der Waals surface area contributed by atoms with Crippen molar-refractivity contribution >= 4 is 11.9 Å². The zero-order chi connectivity index (χ0) is 25.3. The number of halogens is 1. The first kappa shape index (κ1) is 24.5. The predicted octanol–water partition coefficient (Wildman–Crippen LogP) is 6.14. The van der Waals surface area contributed by atoms with Crippen LogP contribution in [0.3, 0.4) is 0 Å². The summed E-state index contributed by atoms with van der Waals surface area (Å²) in [5.41, 5.74) is 1.99. The molecule has 0 aromatic heterocycles. The minimum Gasteiger partial charge on any atom is -0.489 e. The molecule has 1 atom stereocenters. The van der Waals surface area contributed by atoms with E-state index in [2.05, 4.69) is 5.32 Å². The summed E-state index contributed by atoms with van der Waals surface area (Å²) in [6, 6.07) is 28.0. The van der Waals surface area contributed by atoms with Crippen molar-refractivity contribution in [1.29, 1.82) is 0 Å². The van der Waals surface area contributed by atoms with Crippen molar-refractivity contribution in [3.8, 4) is 17.2 Å². The Hall–Kier alpha value is -4.65. The molecule has 0 spiro atoms. The fraction of sp³-hybridized carbons (Fsp3) is 0.103. The van der Waals surface area contributed by atoms with Gasteiger partial charge in [0.2, 0.25) is 0 Å². The fourth-order valence-electron chi connectivity index (χ4n) is 3.56. The minimum atomic E-state index is -1.02. The largest absolute Gasteiger partial charge is 0.489 e. The van der Waals surface area contributed by atoms with Gasteiger partial charge in [0, 0.05) is 5.56 Å². The Labute approximate surface area is 207 Å². The molecule has 0 saturated carbocycles. The van der Waals surface area contributed by atoms with Gasteiger partial charge in [0.15, 0.2) is 0 Å². The van der Waals surface area contributed by atoms with Gasteiger partial charge in [0.05, 0.1) is 12.5 Å². The number of carbonyl (C=O) groups is 2. The molecule has 4 rings (SSSR count). The number of amides is 1. The van der Waals surface area contributed by atoms with Gasteiger partial charge in [0.25, 0.3) is 5.91 Å². The lowest BCUT2D eigenvalue weighted by Crippen LogP contribution is -2.30. The number of aliphatic carboxylic acids is 1. The molecule has 0 fully saturated rings. The van der Waals surface area contributed by atoms with Crippen molar-refractivity contribution in [2.45, 2.75) is 19.1 Å². The molecule has 7 heteroatoms. The number of hydrogen-bond donors (Lipinski definition) is 2. The fourth-order valence-corrected chi connectivity index (χ4v) is 3.56. The Morgan fingerprint density at radius 3 is 2.19 bits per heavy atom. The van der Waals surface area contributed by atoms with Crippen LogP contribution in [0.1, 0.15) is 33.9 Å². The van der Waals surface area contributed by atoms with Gasteiger partial charge < -0.3 is 19.9 Å². The van der Waals surface area contributed by atoms with Gasteiger partial charge in [-0.25, -0.2) is 4.39 Å². The number of rotatable bonds is 10. The van der Waals surface area contributed by atoms with Crippen LogP contribution in [-0.2, 0) is 11.4 Å². The maximum atomic E-state index is 13.1. The van der Waals surface area contributed by atoms with E-state index in [1.807, 2.05) is 18.2 Å². The van der Waals surface area contributed by atoms with Crippen LogP contribution in [0, 0.1) is 5.82 Å². The Bertz CT molecular complexity index is 1310. The number of carboxylic acid groups (broad SMARTS) is 1. The lowest BCUT2D eigenvalue weighted by Gasteiger charge is -2.18. The maximum Gasteiger partial charge on any atom is 0.305 e. The topological polar surface area (TPSA) is 84.9 Å². The van der Waals surface area contributed by atoms with Crippen molar-refractivity contribution < 1.29 is 28.6 Å². The first-order valence-electron chi connectivity index (χ1n) is 11.3. The summed E-state index contributed by atoms with van der Waals surface area (Å²) in [5, 5.41) is 12.1. The average Bonchev–Trinajstić information content (AvgIpc) is 2.89. The molecule has 0 aliphatic carbocycles. The SMILES string of the molecule is O=C(O)C[C@H](NC(=O)c1ccccc1)c1ccc(OCc2cccc(Oc3ccc(F)cc3)c2)cc1. The van der Waals surface area contributed by atoms with Crippen LogP contribution >= 0.6 is 0 Å². The van der Waals surface area contributed by atoms with Gasteiger partial charge in [-0.3, -0.25) is 9.59 Å². The van der Waals surface area contributed by atoms with Crippen molar-refractivity contribution in [3.63, 3.8) is 0 Å². The van der Waals surface area contributed by atoms with Crippen LogP contribution in [0.2, 0.25) is 0 Å². The Balaban J connectivity index is 1.38. The molecule has 0 unspecified atom stereocenters. The molecule has 0 heterocycles. The van der Waals surface area contributed by atoms with Crippen LogP contribution in [0.4, 0.5) is 4.39 Å². The number of hydrogen-bond acceptors (Lipinski definition) is 4. The zero-order valence-corrected chi connectivity index (χ0v) is 19.3. The van der Waals surface area contributed by atoms with E-state index < -0.39 is 12.0 Å². The highest BCUT2D eigenvalue weighted by Crippen LogP contribution is 2.25. The molecule has 0 aliphatic rings. The summed E-state index contributed by atoms with van der Waals surface area (Å²) in [6.45, 7) is 0.281. The molecule has 0 saturated heterocycles. The molecule has 2 N–H and O–H groups in total. The molecular formula is C29H24FNO5. The third kappa shape index (κ3) is 6.93. The van der Waals surface area contributed by atoms with Gasteiger partial charge in [-0.2, -0.15) is 0 Å². The van der Waals surface area contributed by atoms with E-state index in [0.29, 0.717) is 28.4 Å². The highest BCUT2D eigenvalue weighted by atomic mass is 19.1. The molecule has 4 aromatic rings. The molecule has 0 radical (unpaired) electrons. The van der Waals surface area contributed by atoms with Gasteiger partial charge in [0.1, 0.15) is 29.7 Å². The second-order valence-electron chi connectivity index (χ2n) is 8.05. The average molecular weight is 486 g/mol. The third-order valence-electron chi connectivity index (χ3n) is 5.36. The molecule has 36 heavy (non-hydrogen) atoms. The van der Waals surface area contributed by atoms with E-state index in [-0.39, 0.29) is 24.8 Å². The van der Waals surface area contributed by atoms with Crippen molar-refractivity contribution in [3.05, 3.63) is 126 Å². The van der Waals surface area contributed by atoms with E-state index in [9.17, 15) is 19.1 Å². The van der Waals surface area contributed by atoms with Crippen LogP contribution in [0.25, 0.3) is 0 Å². The number of nitrogens with one attached hydrogen (secondary N) is 1. The molecule has 182 valence electrons. The van der Waals surface area contributed by atoms with Crippen LogP contribution in [0.15, 0.2) is 103 Å². The zero-order valence-electron chi connectivity index (χ0n) is 19.3. The van der Waals surface area contributed by atoms with Gasteiger partial charge in [-0.1, -0.05) is 42.5 Å². The quantitative estimate of drug-likeness (QED) is 0.282. The third-order valence-corrected chi connectivity index (χ3v) is 5.36. The maximum absolute atomic E-state index is 13.1. The molecule has 0 bridgehead atoms. The summed E-state index contributed by atoms with van der Waals surface area (Å²) >= 11 is 0. The summed E-state index contributed by atoms with van der Waals surface area (Å²) in [5.74, 6) is 0.0286. The molecular weight excluding hydrogens is 461 g/mol. The van der Waals surface area contributed by atoms with Crippen LogP contribution in [-0.4, -0.2) is 17.0 Å². The number of carboxylic acids is 1. The summed E-state index contributed by atoms with van der Waals surface area (Å²) in [7, 11) is 0. The number of ether oxygens (including phenoxy) is 2. The van der Waals surface area contributed by atoms with E-state index in [1.165, 1.54) is 12.1 Å². The lowest BCUT2D eigenvalue weighted by molar-refractivity contribution is -0.137. The Morgan fingerprint density at radius 2 is 1.50 bits per heavy atom. The van der Waals surface area contributed by atoms with E-state index in [0.717, 1.165) is 5.56 Å². The van der Waals surface area contributed by atoms with Crippen LogP contribution < -0.4 is 14.8 Å². The van der Waals surface area contributed by atoms with Crippen molar-refractivity contribution in [2.75, 3.05) is 0 Å². The first-order chi connectivity index (χ1) is 17.5. The highest BCUT2D eigenvalue weighted by molar-refractivity contribution is 5.94. The number of benzene rings is 4. The highest BCUT2D eigenvalue weighted by Gasteiger charge is 2.19. The van der Waals surface area contributed by atoms with E-state index in [1.54, 1.807) is 72.8 Å². The second-order valence-corrected chi connectivity index (χ2v) is 8.05. The van der Waals surface area contributed by atoms with Gasteiger partial charge >= 0.3 is 5.97 Å². The first-order valence-corrected chi connectivity index (χ1v) is 11.3. The monoisotopic (exact) mass is 485 g/mol. The molecule has 6 nitrogen and oxygen atoms in total. The molecule has 4 aromatic carbocycles. The summed E-state index contributed by atoms with van der Waals surface area (Å²) in [4.78, 5) is 23.9. The van der Waals surface area contributed by atoms with Crippen molar-refractivity contribution in [2.24, 2.45) is 0 Å². The molecule has 0 aliphatic heterocycles. The van der Waals surface area contributed by atoms with Gasteiger partial charge in [-0.05, 0) is 71.8 Å². The second kappa shape index (κ2) is 11.7. The van der Waals surface area contributed by atoms with E-state index in [4.69, 9.17) is 9.47 Å². The normalized spacial score (nSPS) is 11.4. The Morgan fingerprint density at radius 1 is 0.806 bits per heavy atom. The standard InChI is InChI=1S/C29H24FNO5/c30-23-11-15-25(16-12-23)36-26-8-4-5-20(17-26)19-35-24-13-9-21(10-14-24)27(18-28(32)33)31-29(34)22-6-2-1-3-7-22/h1-17,27H,18-19H2,(H,31,34)(H,32,33)/t27-/m0/s1. The smallest absolute Gasteiger partial charge is 0.305 e. The van der Waals surface area contributed by atoms with E-state index >= 15 is 0 Å². The molecule has 1 amide bonds. The lowest BCUT2D eigenvalue weighted by atomic mass is 10.0.